The van der Waals surface area contributed by atoms with Gasteiger partial charge in [0, 0.05) is 29.1 Å². The van der Waals surface area contributed by atoms with Gasteiger partial charge in [-0.2, -0.15) is 0 Å². The van der Waals surface area contributed by atoms with Gasteiger partial charge in [-0.1, -0.05) is 29.8 Å². The third kappa shape index (κ3) is 2.31. The topological polar surface area (TPSA) is 46.6 Å². The van der Waals surface area contributed by atoms with Gasteiger partial charge in [0.25, 0.3) is 0 Å². The van der Waals surface area contributed by atoms with Crippen molar-refractivity contribution in [3.63, 3.8) is 0 Å². The Morgan fingerprint density at radius 1 is 1.19 bits per heavy atom. The number of allylic oxidation sites excluding steroid dienone is 2. The van der Waals surface area contributed by atoms with Crippen LogP contribution in [-0.2, 0) is 14.3 Å². The highest BCUT2D eigenvalue weighted by atomic mass is 79.9. The maximum Gasteiger partial charge on any atom is 0.309 e. The van der Waals surface area contributed by atoms with Gasteiger partial charge in [0.05, 0.1) is 13.0 Å². The summed E-state index contributed by atoms with van der Waals surface area (Å²) in [5.41, 5.74) is 1.35. The highest BCUT2D eigenvalue weighted by molar-refractivity contribution is 9.11. The Balaban J connectivity index is 1.72. The fraction of sp³-hybridized carbons (Fsp3) is 0.810. The van der Waals surface area contributed by atoms with Crippen LogP contribution >= 0.6 is 15.9 Å². The van der Waals surface area contributed by atoms with Crippen LogP contribution in [0.25, 0.3) is 0 Å². The number of carbonyl (C=O) groups is 2. The van der Waals surface area contributed by atoms with E-state index in [0.717, 1.165) is 38.5 Å². The molecular weight excluding hydrogens is 394 g/mol. The predicted octanol–water partition coefficient (Wildman–Crippen LogP) is 4.49. The number of ether oxygens (including phenoxy) is 1. The number of likely N-dealkylation sites (tertiary alicyclic amines) is 1. The Morgan fingerprint density at radius 2 is 1.92 bits per heavy atom. The first-order valence-electron chi connectivity index (χ1n) is 9.97. The van der Waals surface area contributed by atoms with Crippen molar-refractivity contribution in [1.29, 1.82) is 0 Å². The summed E-state index contributed by atoms with van der Waals surface area (Å²) >= 11 is 3.86. The van der Waals surface area contributed by atoms with E-state index in [1.165, 1.54) is 17.3 Å². The minimum atomic E-state index is -0.0197. The van der Waals surface area contributed by atoms with Crippen LogP contribution < -0.4 is 0 Å². The van der Waals surface area contributed by atoms with Gasteiger partial charge >= 0.3 is 5.97 Å². The van der Waals surface area contributed by atoms with Gasteiger partial charge in [-0.25, -0.2) is 0 Å². The predicted molar refractivity (Wildman–Crippen MR) is 103 cm³/mol. The molecule has 1 saturated heterocycles. The molecule has 0 aromatic carbocycles. The number of rotatable bonds is 1. The molecule has 5 heteroatoms. The van der Waals surface area contributed by atoms with Gasteiger partial charge in [-0.3, -0.25) is 9.59 Å². The molecule has 0 aromatic rings. The smallest absolute Gasteiger partial charge is 0.309 e. The van der Waals surface area contributed by atoms with E-state index >= 15 is 0 Å². The molecule has 0 spiro atoms. The van der Waals surface area contributed by atoms with E-state index in [0.29, 0.717) is 24.2 Å². The highest BCUT2D eigenvalue weighted by Crippen LogP contribution is 2.67. The van der Waals surface area contributed by atoms with Crippen LogP contribution in [0.2, 0.25) is 0 Å². The molecule has 1 aliphatic heterocycles. The maximum atomic E-state index is 12.4. The summed E-state index contributed by atoms with van der Waals surface area (Å²) in [7, 11) is 3.46. The Labute approximate surface area is 164 Å². The average Bonchev–Trinajstić information content (AvgIpc) is 2.95. The van der Waals surface area contributed by atoms with Crippen molar-refractivity contribution in [2.24, 2.45) is 34.5 Å². The first-order chi connectivity index (χ1) is 12.2. The normalized spacial score (nSPS) is 45.1. The Morgan fingerprint density at radius 3 is 2.62 bits per heavy atom. The molecule has 4 nitrogen and oxygen atoms in total. The standard InChI is InChI=1S/C21H30BrNO3/c1-20-9-7-14-12(13(20)5-6-15(20)19(25)26-4)11-16(22)18-21(14,2)10-8-17(24)23(18)3/h12-15H,5-11H2,1-4H3/t12?,13-,14?,15+,20-,21+/m0/s1. The van der Waals surface area contributed by atoms with Crippen molar-refractivity contribution < 1.29 is 14.3 Å². The molecule has 26 heavy (non-hydrogen) atoms. The van der Waals surface area contributed by atoms with Gasteiger partial charge < -0.3 is 9.64 Å². The summed E-state index contributed by atoms with van der Waals surface area (Å²) < 4.78 is 6.35. The number of hydrogen-bond acceptors (Lipinski definition) is 3. The molecule has 2 unspecified atom stereocenters. The number of hydrogen-bond donors (Lipinski definition) is 0. The first-order valence-corrected chi connectivity index (χ1v) is 10.8. The molecule has 0 N–H and O–H groups in total. The monoisotopic (exact) mass is 423 g/mol. The van der Waals surface area contributed by atoms with Crippen molar-refractivity contribution >= 4 is 27.8 Å². The number of piperidine rings is 1. The van der Waals surface area contributed by atoms with E-state index in [2.05, 4.69) is 29.8 Å². The zero-order valence-electron chi connectivity index (χ0n) is 16.3. The quantitative estimate of drug-likeness (QED) is 0.583. The van der Waals surface area contributed by atoms with E-state index in [1.807, 2.05) is 11.9 Å². The first kappa shape index (κ1) is 18.5. The molecular formula is C21H30BrNO3. The van der Waals surface area contributed by atoms with Crippen LogP contribution in [0.3, 0.4) is 0 Å². The van der Waals surface area contributed by atoms with Crippen LogP contribution in [0.4, 0.5) is 0 Å². The molecule has 4 aliphatic rings. The number of halogens is 1. The SMILES string of the molecule is COC(=O)[C@H]1CC[C@H]2C3CC(Br)=C4N(C)C(=O)CC[C@]4(C)C3CC[C@]12C. The minimum absolute atomic E-state index is 0.0197. The van der Waals surface area contributed by atoms with Crippen LogP contribution in [-0.4, -0.2) is 30.9 Å². The van der Waals surface area contributed by atoms with Crippen molar-refractivity contribution in [3.05, 3.63) is 10.2 Å². The summed E-state index contributed by atoms with van der Waals surface area (Å²) in [6.07, 6.45) is 6.92. The lowest BCUT2D eigenvalue weighted by atomic mass is 9.49. The van der Waals surface area contributed by atoms with Crippen LogP contribution in [0, 0.1) is 34.5 Å². The van der Waals surface area contributed by atoms with Gasteiger partial charge in [0.15, 0.2) is 0 Å². The molecule has 3 aliphatic carbocycles. The zero-order valence-corrected chi connectivity index (χ0v) is 17.9. The lowest BCUT2D eigenvalue weighted by Crippen LogP contribution is -2.54. The van der Waals surface area contributed by atoms with E-state index in [-0.39, 0.29) is 28.6 Å². The average molecular weight is 424 g/mol. The number of amides is 1. The number of esters is 1. The molecule has 0 bridgehead atoms. The Hall–Kier alpha value is -0.840. The zero-order chi connectivity index (χ0) is 18.9. The molecule has 144 valence electrons. The second kappa shape index (κ2) is 6.08. The van der Waals surface area contributed by atoms with Crippen LogP contribution in [0.1, 0.15) is 58.8 Å². The summed E-state index contributed by atoms with van der Waals surface area (Å²) in [4.78, 5) is 26.6. The number of fused-ring (bicyclic) bond motifs is 5. The van der Waals surface area contributed by atoms with Gasteiger partial charge in [0.2, 0.25) is 5.91 Å². The minimum Gasteiger partial charge on any atom is -0.469 e. The number of carbonyl (C=O) groups excluding carboxylic acids is 2. The van der Waals surface area contributed by atoms with Crippen molar-refractivity contribution in [3.8, 4) is 0 Å². The lowest BCUT2D eigenvalue weighted by Gasteiger charge is -2.58. The number of methoxy groups -OCH3 is 1. The summed E-state index contributed by atoms with van der Waals surface area (Å²) in [6, 6.07) is 0. The van der Waals surface area contributed by atoms with E-state index < -0.39 is 0 Å². The summed E-state index contributed by atoms with van der Waals surface area (Å²) in [5, 5.41) is 0. The third-order valence-electron chi connectivity index (χ3n) is 8.52. The summed E-state index contributed by atoms with van der Waals surface area (Å²) in [5.74, 6) is 2.02. The van der Waals surface area contributed by atoms with Crippen LogP contribution in [0.5, 0.6) is 0 Å². The molecule has 0 radical (unpaired) electrons. The highest BCUT2D eigenvalue weighted by Gasteiger charge is 2.61. The van der Waals surface area contributed by atoms with Crippen LogP contribution in [0.15, 0.2) is 10.2 Å². The lowest BCUT2D eigenvalue weighted by molar-refractivity contribution is -0.153. The fourth-order valence-corrected chi connectivity index (χ4v) is 8.30. The largest absolute Gasteiger partial charge is 0.469 e. The van der Waals surface area contributed by atoms with Gasteiger partial charge in [0.1, 0.15) is 0 Å². The van der Waals surface area contributed by atoms with E-state index in [4.69, 9.17) is 4.74 Å². The van der Waals surface area contributed by atoms with Crippen molar-refractivity contribution in [2.45, 2.75) is 58.8 Å². The second-order valence-electron chi connectivity index (χ2n) is 9.40. The fourth-order valence-electron chi connectivity index (χ4n) is 7.21. The molecule has 1 heterocycles. The van der Waals surface area contributed by atoms with Gasteiger partial charge in [-0.15, -0.1) is 0 Å². The molecule has 1 amide bonds. The molecule has 0 aromatic heterocycles. The van der Waals surface area contributed by atoms with E-state index in [1.54, 1.807) is 0 Å². The third-order valence-corrected chi connectivity index (χ3v) is 9.22. The Kier molecular flexibility index (Phi) is 4.33. The van der Waals surface area contributed by atoms with Crippen molar-refractivity contribution in [2.75, 3.05) is 14.2 Å². The molecule has 6 atom stereocenters. The van der Waals surface area contributed by atoms with Gasteiger partial charge in [-0.05, 0) is 61.7 Å². The number of nitrogens with zero attached hydrogens (tertiary/aromatic N) is 1. The van der Waals surface area contributed by atoms with Crippen molar-refractivity contribution in [1.82, 2.24) is 4.90 Å². The maximum absolute atomic E-state index is 12.4. The Bertz CT molecular complexity index is 689. The molecule has 3 fully saturated rings. The molecule has 4 rings (SSSR count). The second-order valence-corrected chi connectivity index (χ2v) is 10.4. The molecule has 2 saturated carbocycles. The van der Waals surface area contributed by atoms with E-state index in [9.17, 15) is 9.59 Å². The summed E-state index contributed by atoms with van der Waals surface area (Å²) in [6.45, 7) is 4.70.